The first-order valence-corrected chi connectivity index (χ1v) is 7.61. The summed E-state index contributed by atoms with van der Waals surface area (Å²) in [5, 5.41) is 0. The van der Waals surface area contributed by atoms with Crippen LogP contribution in [0.1, 0.15) is 0 Å². The molecule has 4 aromatic carbocycles. The molecule has 0 unspecified atom stereocenters. The Hall–Kier alpha value is -2.88. The molecule has 0 aliphatic rings. The third-order valence-corrected chi connectivity index (χ3v) is 2.22. The van der Waals surface area contributed by atoms with E-state index in [0.29, 0.717) is 0 Å². The topological polar surface area (TPSA) is 68.3 Å². The van der Waals surface area contributed by atoms with Crippen molar-refractivity contribution in [1.29, 1.82) is 0 Å². The quantitative estimate of drug-likeness (QED) is 0.208. The Kier molecular flexibility index (Phi) is 77.8. The molecule has 0 aliphatic heterocycles. The van der Waals surface area contributed by atoms with Crippen molar-refractivity contribution in [3.63, 3.8) is 0 Å². The first kappa shape index (κ1) is 41.5. The van der Waals surface area contributed by atoms with Crippen LogP contribution < -0.4 is 0 Å². The van der Waals surface area contributed by atoms with Gasteiger partial charge < -0.3 is 19.2 Å². The predicted molar refractivity (Wildman–Crippen MR) is 115 cm³/mol. The summed E-state index contributed by atoms with van der Waals surface area (Å²) >= 11 is 0. The molecule has 4 rings (SSSR count). The molecule has 0 fully saturated rings. The molecule has 0 aromatic heterocycles. The first-order valence-electron chi connectivity index (χ1n) is 7.61. The van der Waals surface area contributed by atoms with Crippen LogP contribution in [0.25, 0.3) is 0 Å². The standard InChI is InChI=1S/4C5H5.4CHO.2Fe/c4*1-2-4-5-3-1;4*1-2;;/h4*1-5H;4*1H;;/q8*-1;2*+4. The van der Waals surface area contributed by atoms with Crippen LogP contribution in [-0.2, 0) is 53.3 Å². The van der Waals surface area contributed by atoms with Crippen LogP contribution in [0.4, 0.5) is 0 Å². The molecule has 30 heavy (non-hydrogen) atoms. The summed E-state index contributed by atoms with van der Waals surface area (Å²) in [6, 6.07) is 40.0. The fraction of sp³-hybridized carbons (Fsp3) is 0. The van der Waals surface area contributed by atoms with Gasteiger partial charge in [-0.1, -0.05) is 0 Å². The minimum atomic E-state index is 0. The Balaban J connectivity index is -0.0000000566. The van der Waals surface area contributed by atoms with Gasteiger partial charge in [0, 0.05) is 0 Å². The minimum Gasteiger partial charge on any atom is -0.545 e. The van der Waals surface area contributed by atoms with Crippen molar-refractivity contribution in [2.45, 2.75) is 0 Å². The van der Waals surface area contributed by atoms with Gasteiger partial charge in [-0.3, -0.25) is 27.2 Å². The maximum atomic E-state index is 7.75. The monoisotopic (exact) mass is 488 g/mol. The van der Waals surface area contributed by atoms with Gasteiger partial charge in [-0.05, 0) is 0 Å². The Labute approximate surface area is 201 Å². The van der Waals surface area contributed by atoms with Crippen LogP contribution in [0.3, 0.4) is 0 Å². The first-order chi connectivity index (χ1) is 14.0. The molecule has 0 radical (unpaired) electrons. The Morgan fingerprint density at radius 3 is 0.433 bits per heavy atom. The molecule has 0 saturated carbocycles. The molecule has 4 aromatic rings. The van der Waals surface area contributed by atoms with Gasteiger partial charge >= 0.3 is 34.1 Å². The molecule has 0 saturated heterocycles. The van der Waals surface area contributed by atoms with Crippen LogP contribution in [0.2, 0.25) is 0 Å². The van der Waals surface area contributed by atoms with Gasteiger partial charge in [0.15, 0.2) is 0 Å². The smallest absolute Gasteiger partial charge is 0.545 e. The summed E-state index contributed by atoms with van der Waals surface area (Å²) in [6.45, 7) is 13.0. The zero-order chi connectivity index (χ0) is 22.1. The minimum absolute atomic E-state index is 0. The number of rotatable bonds is 0. The molecule has 4 nitrogen and oxygen atoms in total. The van der Waals surface area contributed by atoms with Gasteiger partial charge in [0.1, 0.15) is 0 Å². The number of hydrogen-bond donors (Lipinski definition) is 0. The van der Waals surface area contributed by atoms with E-state index < -0.39 is 0 Å². The maximum Gasteiger partial charge on any atom is 4.00 e. The van der Waals surface area contributed by atoms with Crippen molar-refractivity contribution >= 4 is 27.2 Å². The van der Waals surface area contributed by atoms with Crippen LogP contribution in [0.5, 0.6) is 0 Å². The van der Waals surface area contributed by atoms with E-state index in [1.54, 1.807) is 0 Å². The van der Waals surface area contributed by atoms with Crippen LogP contribution in [0, 0.1) is 0 Å². The van der Waals surface area contributed by atoms with E-state index in [1.807, 2.05) is 121 Å². The fourth-order valence-electron chi connectivity index (χ4n) is 1.28. The molecular weight excluding hydrogens is 464 g/mol. The van der Waals surface area contributed by atoms with Crippen LogP contribution in [0.15, 0.2) is 121 Å². The SMILES string of the molecule is [CH-]=O.[CH-]=O.[CH-]=O.[CH-]=O.[Fe+4].[Fe+4].c1cc[cH-]c1.c1cc[cH-]c1.c1cc[cH-]c1.c1cc[cH-]c1. The summed E-state index contributed by atoms with van der Waals surface area (Å²) in [7, 11) is 0. The Morgan fingerprint density at radius 2 is 0.400 bits per heavy atom. The molecule has 160 valence electrons. The van der Waals surface area contributed by atoms with Gasteiger partial charge in [0.2, 0.25) is 0 Å². The molecule has 0 aliphatic carbocycles. The van der Waals surface area contributed by atoms with E-state index in [-0.39, 0.29) is 34.1 Å². The van der Waals surface area contributed by atoms with Gasteiger partial charge in [-0.2, -0.15) is 72.8 Å². The average molecular weight is 488 g/mol. The van der Waals surface area contributed by atoms with Crippen LogP contribution >= 0.6 is 0 Å². The van der Waals surface area contributed by atoms with Gasteiger partial charge in [-0.15, -0.1) is 0 Å². The molecule has 6 heteroatoms. The summed E-state index contributed by atoms with van der Waals surface area (Å²) < 4.78 is 0. The van der Waals surface area contributed by atoms with Crippen molar-refractivity contribution in [2.75, 3.05) is 0 Å². The molecule has 0 N–H and O–H groups in total. The van der Waals surface area contributed by atoms with E-state index in [9.17, 15) is 0 Å². The molecule has 0 amide bonds. The van der Waals surface area contributed by atoms with E-state index in [1.165, 1.54) is 0 Å². The Bertz CT molecular complexity index is 408. The molecule has 0 spiro atoms. The van der Waals surface area contributed by atoms with E-state index in [2.05, 4.69) is 27.2 Å². The van der Waals surface area contributed by atoms with Crippen molar-refractivity contribution in [1.82, 2.24) is 0 Å². The summed E-state index contributed by atoms with van der Waals surface area (Å²) in [6.07, 6.45) is 0. The molecule has 0 heterocycles. The van der Waals surface area contributed by atoms with Crippen LogP contribution in [-0.4, -0.2) is 27.2 Å². The zero-order valence-electron chi connectivity index (χ0n) is 16.2. The van der Waals surface area contributed by atoms with Gasteiger partial charge in [0.05, 0.1) is 0 Å². The van der Waals surface area contributed by atoms with Crippen molar-refractivity contribution in [2.24, 2.45) is 0 Å². The van der Waals surface area contributed by atoms with Crippen molar-refractivity contribution < 1.29 is 53.3 Å². The largest absolute Gasteiger partial charge is 4.00 e. The van der Waals surface area contributed by atoms with Crippen molar-refractivity contribution in [3.05, 3.63) is 121 Å². The third kappa shape index (κ3) is 49.9. The van der Waals surface area contributed by atoms with E-state index in [0.717, 1.165) is 0 Å². The number of hydrogen-bond acceptors (Lipinski definition) is 4. The Morgan fingerprint density at radius 1 is 0.300 bits per heavy atom. The maximum absolute atomic E-state index is 7.75. The second kappa shape index (κ2) is 56.2. The van der Waals surface area contributed by atoms with Gasteiger partial charge in [-0.25, -0.2) is 48.5 Å². The second-order valence-corrected chi connectivity index (χ2v) is 3.85. The summed E-state index contributed by atoms with van der Waals surface area (Å²) in [5.74, 6) is 0. The van der Waals surface area contributed by atoms with Gasteiger partial charge in [0.25, 0.3) is 0 Å². The molecule has 0 bridgehead atoms. The summed E-state index contributed by atoms with van der Waals surface area (Å²) in [5.41, 5.74) is 0. The predicted octanol–water partition coefficient (Wildman–Crippen LogP) is 4.52. The molecular formula is C24H24Fe2O4. The van der Waals surface area contributed by atoms with E-state index >= 15 is 0 Å². The third-order valence-electron chi connectivity index (χ3n) is 2.22. The normalized spacial score (nSPS) is 5.87. The average Bonchev–Trinajstić information content (AvgIpc) is 3.66. The van der Waals surface area contributed by atoms with E-state index in [4.69, 9.17) is 19.2 Å². The fourth-order valence-corrected chi connectivity index (χ4v) is 1.28. The second-order valence-electron chi connectivity index (χ2n) is 3.85. The summed E-state index contributed by atoms with van der Waals surface area (Å²) in [4.78, 5) is 31.0. The zero-order valence-corrected chi connectivity index (χ0v) is 18.4. The van der Waals surface area contributed by atoms with Crippen molar-refractivity contribution in [3.8, 4) is 0 Å². The molecule has 0 atom stereocenters. The number of carbonyl (C=O) groups excluding carboxylic acids is 4.